The molecule has 12 heteroatoms. The third-order valence-electron chi connectivity index (χ3n) is 4.04. The van der Waals surface area contributed by atoms with Crippen molar-refractivity contribution in [1.29, 1.82) is 0 Å². The minimum atomic E-state index is -0.649. The first-order chi connectivity index (χ1) is 14.7. The lowest BCUT2D eigenvalue weighted by Gasteiger charge is -2.24. The minimum absolute atomic E-state index is 0. The van der Waals surface area contributed by atoms with Crippen molar-refractivity contribution in [3.8, 4) is 5.75 Å². The highest BCUT2D eigenvalue weighted by Crippen LogP contribution is 2.28. The summed E-state index contributed by atoms with van der Waals surface area (Å²) in [6.07, 6.45) is 1.97. The molecule has 0 fully saturated rings. The Morgan fingerprint density at radius 1 is 1.21 bits per heavy atom. The number of phenolic OH excluding ortho intramolecular Hbond substituents is 1. The van der Waals surface area contributed by atoms with Crippen LogP contribution in [0.4, 0.5) is 10.3 Å². The van der Waals surface area contributed by atoms with E-state index < -0.39 is 23.5 Å². The van der Waals surface area contributed by atoms with Gasteiger partial charge in [0.15, 0.2) is 5.75 Å². The highest BCUT2D eigenvalue weighted by Gasteiger charge is 2.26. The Hall–Kier alpha value is -2.96. The van der Waals surface area contributed by atoms with Crippen LogP contribution in [0.5, 0.6) is 5.75 Å². The number of nitrogens with one attached hydrogen (secondary N) is 2. The van der Waals surface area contributed by atoms with Gasteiger partial charge in [-0.15, -0.1) is 10.2 Å². The number of amides is 1. The van der Waals surface area contributed by atoms with Gasteiger partial charge in [-0.2, -0.15) is 12.6 Å². The van der Waals surface area contributed by atoms with Gasteiger partial charge >= 0.3 is 5.97 Å². The molecule has 3 rings (SSSR count). The van der Waals surface area contributed by atoms with Crippen molar-refractivity contribution in [2.75, 3.05) is 16.4 Å². The van der Waals surface area contributed by atoms with E-state index in [4.69, 9.17) is 4.74 Å². The first-order valence-corrected chi connectivity index (χ1v) is 10.9. The Bertz CT molecular complexity index is 1100. The first-order valence-electron chi connectivity index (χ1n) is 9.50. The summed E-state index contributed by atoms with van der Waals surface area (Å²) < 4.78 is 5.42. The fourth-order valence-corrected chi connectivity index (χ4v) is 3.66. The molecule has 0 saturated carbocycles. The van der Waals surface area contributed by atoms with Gasteiger partial charge in [-0.1, -0.05) is 30.9 Å². The lowest BCUT2D eigenvalue weighted by molar-refractivity contribution is -0.155. The predicted octanol–water partition coefficient (Wildman–Crippen LogP) is 3.30. The molecule has 1 aromatic carbocycles. The maximum Gasteiger partial charge on any atom is 0.329 e. The maximum absolute atomic E-state index is 12.6. The number of thiol groups is 1. The zero-order valence-electron chi connectivity index (χ0n) is 17.7. The van der Waals surface area contributed by atoms with Gasteiger partial charge in [0.05, 0.1) is 5.56 Å². The molecule has 180 valence electrons. The second-order valence-corrected chi connectivity index (χ2v) is 9.07. The number of fused-ring (bicyclic) bond motifs is 1. The standard InChI is InChI=1S/C20H23N5O4S2.CH4.H2O/c1-20(2,3)29-17(28)13(8-10-30)22-18-24-25-19(31-18)23-16(27)12-7-6-11-5-4-9-21-14(11)15(12)26;;/h4-7,9,13,26,30H,8,10H2,1-3H3,(H,22,24)(H,23,25,27);1H4;1H2. The molecule has 0 bridgehead atoms. The van der Waals surface area contributed by atoms with E-state index in [9.17, 15) is 14.7 Å². The van der Waals surface area contributed by atoms with Crippen LogP contribution in [-0.4, -0.2) is 55.0 Å². The average Bonchev–Trinajstić information content (AvgIpc) is 3.13. The van der Waals surface area contributed by atoms with Crippen molar-refractivity contribution in [2.45, 2.75) is 46.3 Å². The molecule has 3 aromatic rings. The van der Waals surface area contributed by atoms with Crippen LogP contribution in [0.15, 0.2) is 30.5 Å². The minimum Gasteiger partial charge on any atom is -0.505 e. The highest BCUT2D eigenvalue weighted by atomic mass is 32.1. The molecule has 1 unspecified atom stereocenters. The van der Waals surface area contributed by atoms with Gasteiger partial charge in [0, 0.05) is 11.6 Å². The van der Waals surface area contributed by atoms with Crippen molar-refractivity contribution in [3.63, 3.8) is 0 Å². The molecule has 0 aliphatic heterocycles. The monoisotopic (exact) mass is 495 g/mol. The Morgan fingerprint density at radius 3 is 2.58 bits per heavy atom. The molecule has 0 aliphatic carbocycles. The Balaban J connectivity index is 0.00000272. The van der Waals surface area contributed by atoms with E-state index in [0.29, 0.717) is 22.8 Å². The third-order valence-corrected chi connectivity index (χ3v) is 5.07. The van der Waals surface area contributed by atoms with E-state index in [2.05, 4.69) is 38.4 Å². The number of hydrogen-bond donors (Lipinski definition) is 4. The summed E-state index contributed by atoms with van der Waals surface area (Å²) in [5.41, 5.74) is -0.218. The molecule has 1 atom stereocenters. The molecule has 0 spiro atoms. The van der Waals surface area contributed by atoms with Crippen LogP contribution in [0, 0.1) is 0 Å². The molecular formula is C21H29N5O5S2. The molecule has 10 nitrogen and oxygen atoms in total. The molecular weight excluding hydrogens is 466 g/mol. The van der Waals surface area contributed by atoms with Gasteiger partial charge in [0.1, 0.15) is 17.2 Å². The van der Waals surface area contributed by atoms with E-state index in [1.807, 2.05) is 0 Å². The quantitative estimate of drug-likeness (QED) is 0.287. The lowest BCUT2D eigenvalue weighted by Crippen LogP contribution is -2.36. The molecule has 2 heterocycles. The second-order valence-electron chi connectivity index (χ2n) is 7.65. The maximum atomic E-state index is 12.6. The van der Waals surface area contributed by atoms with Crippen LogP contribution < -0.4 is 10.6 Å². The van der Waals surface area contributed by atoms with E-state index >= 15 is 0 Å². The number of aromatic nitrogens is 3. The first kappa shape index (κ1) is 28.1. The summed E-state index contributed by atoms with van der Waals surface area (Å²) in [5.74, 6) is -0.714. The Labute approximate surface area is 201 Å². The molecule has 2 aromatic heterocycles. The molecule has 0 saturated heterocycles. The second kappa shape index (κ2) is 11.8. The van der Waals surface area contributed by atoms with Crippen LogP contribution in [0.2, 0.25) is 0 Å². The largest absolute Gasteiger partial charge is 0.505 e. The average molecular weight is 496 g/mol. The summed E-state index contributed by atoms with van der Waals surface area (Å²) in [4.78, 5) is 29.1. The van der Waals surface area contributed by atoms with Crippen molar-refractivity contribution in [1.82, 2.24) is 15.2 Å². The van der Waals surface area contributed by atoms with E-state index in [1.54, 1.807) is 45.2 Å². The van der Waals surface area contributed by atoms with E-state index in [-0.39, 0.29) is 29.3 Å². The summed E-state index contributed by atoms with van der Waals surface area (Å²) in [5, 5.41) is 25.2. The number of hydrogen-bond acceptors (Lipinski definition) is 10. The smallest absolute Gasteiger partial charge is 0.329 e. The topological polar surface area (TPSA) is 158 Å². The molecule has 33 heavy (non-hydrogen) atoms. The number of pyridine rings is 1. The van der Waals surface area contributed by atoms with Gasteiger partial charge in [0.25, 0.3) is 5.91 Å². The summed E-state index contributed by atoms with van der Waals surface area (Å²) in [6, 6.07) is 6.10. The fourth-order valence-electron chi connectivity index (χ4n) is 2.71. The summed E-state index contributed by atoms with van der Waals surface area (Å²) in [7, 11) is 0. The number of anilines is 2. The Kier molecular flexibility index (Phi) is 10.0. The number of esters is 1. The lowest BCUT2D eigenvalue weighted by atomic mass is 10.1. The van der Waals surface area contributed by atoms with Gasteiger partial charge < -0.3 is 20.6 Å². The van der Waals surface area contributed by atoms with Gasteiger partial charge in [-0.05, 0) is 45.1 Å². The van der Waals surface area contributed by atoms with Gasteiger partial charge in [-0.3, -0.25) is 15.1 Å². The van der Waals surface area contributed by atoms with E-state index in [1.165, 1.54) is 6.07 Å². The predicted molar refractivity (Wildman–Crippen MR) is 133 cm³/mol. The number of nitrogens with zero attached hydrogens (tertiary/aromatic N) is 3. The molecule has 5 N–H and O–H groups in total. The summed E-state index contributed by atoms with van der Waals surface area (Å²) >= 11 is 5.25. The normalized spacial score (nSPS) is 11.6. The number of aromatic hydroxyl groups is 1. The van der Waals surface area contributed by atoms with E-state index in [0.717, 1.165) is 16.7 Å². The number of benzene rings is 1. The van der Waals surface area contributed by atoms with Crippen LogP contribution in [-0.2, 0) is 9.53 Å². The number of phenols is 1. The van der Waals surface area contributed by atoms with Crippen LogP contribution in [0.3, 0.4) is 0 Å². The fraction of sp³-hybridized carbons (Fsp3) is 0.381. The third kappa shape index (κ3) is 7.27. The molecule has 0 radical (unpaired) electrons. The number of carbonyl (C=O) groups is 2. The molecule has 0 aliphatic rings. The zero-order chi connectivity index (χ0) is 22.6. The van der Waals surface area contributed by atoms with Gasteiger partial charge in [0.2, 0.25) is 10.3 Å². The highest BCUT2D eigenvalue weighted by molar-refractivity contribution is 7.80. The van der Waals surface area contributed by atoms with Crippen LogP contribution in [0.25, 0.3) is 10.9 Å². The SMILES string of the molecule is C.CC(C)(C)OC(=O)C(CCS)Nc1nnc(NC(=O)c2ccc3cccnc3c2O)s1.O. The number of ether oxygens (including phenoxy) is 1. The zero-order valence-corrected chi connectivity index (χ0v) is 19.5. The summed E-state index contributed by atoms with van der Waals surface area (Å²) in [6.45, 7) is 5.37. The van der Waals surface area contributed by atoms with Crippen LogP contribution in [0.1, 0.15) is 45.0 Å². The van der Waals surface area contributed by atoms with Crippen molar-refractivity contribution in [2.24, 2.45) is 0 Å². The van der Waals surface area contributed by atoms with Gasteiger partial charge in [-0.25, -0.2) is 4.79 Å². The molecule has 1 amide bonds. The Morgan fingerprint density at radius 2 is 1.91 bits per heavy atom. The number of rotatable bonds is 7. The van der Waals surface area contributed by atoms with Crippen molar-refractivity contribution < 1.29 is 24.9 Å². The number of carbonyl (C=O) groups excluding carboxylic acids is 2. The van der Waals surface area contributed by atoms with Crippen LogP contribution >= 0.6 is 24.0 Å². The van der Waals surface area contributed by atoms with Crippen molar-refractivity contribution >= 4 is 57.0 Å². The van der Waals surface area contributed by atoms with Crippen molar-refractivity contribution in [3.05, 3.63) is 36.0 Å².